The lowest BCUT2D eigenvalue weighted by Gasteiger charge is -2.48. The Morgan fingerprint density at radius 2 is 1.88 bits per heavy atom. The number of hydrogen-bond acceptors (Lipinski definition) is 7. The summed E-state index contributed by atoms with van der Waals surface area (Å²) >= 11 is 0. The molecule has 3 aliphatic rings. The standard InChI is InChI=1S/C18H29N5O2/c1-14-12-16(21-17(19)20-14)23-7-5-22(6-8-23)15-2-9-25-18(13-15)3-10-24-11-4-18/h12,15H,2-11,13H2,1H3,(H2,19,20,21). The monoisotopic (exact) mass is 347 g/mol. The second-order valence-electron chi connectivity index (χ2n) is 7.54. The van der Waals surface area contributed by atoms with E-state index in [1.807, 2.05) is 13.0 Å². The maximum absolute atomic E-state index is 6.20. The molecule has 0 bridgehead atoms. The number of rotatable bonds is 2. The van der Waals surface area contributed by atoms with Gasteiger partial charge in [-0.2, -0.15) is 4.98 Å². The molecule has 0 aromatic carbocycles. The number of aryl methyl sites for hydroxylation is 1. The lowest BCUT2D eigenvalue weighted by atomic mass is 9.83. The van der Waals surface area contributed by atoms with Crippen molar-refractivity contribution in [1.29, 1.82) is 0 Å². The minimum Gasteiger partial charge on any atom is -0.381 e. The molecule has 138 valence electrons. The van der Waals surface area contributed by atoms with Gasteiger partial charge in [-0.05, 0) is 32.6 Å². The van der Waals surface area contributed by atoms with Gasteiger partial charge in [0.15, 0.2) is 0 Å². The molecule has 0 amide bonds. The summed E-state index contributed by atoms with van der Waals surface area (Å²) in [4.78, 5) is 13.5. The van der Waals surface area contributed by atoms with Gasteiger partial charge < -0.3 is 20.1 Å². The summed E-state index contributed by atoms with van der Waals surface area (Å²) in [6.45, 7) is 8.65. The smallest absolute Gasteiger partial charge is 0.222 e. The second-order valence-corrected chi connectivity index (χ2v) is 7.54. The summed E-state index contributed by atoms with van der Waals surface area (Å²) in [6, 6.07) is 2.66. The van der Waals surface area contributed by atoms with Crippen molar-refractivity contribution in [1.82, 2.24) is 14.9 Å². The molecule has 4 rings (SSSR count). The molecule has 25 heavy (non-hydrogen) atoms. The molecular formula is C18H29N5O2. The molecule has 3 fully saturated rings. The molecule has 0 saturated carbocycles. The lowest BCUT2D eigenvalue weighted by Crippen LogP contribution is -2.56. The van der Waals surface area contributed by atoms with Gasteiger partial charge in [0, 0.05) is 63.8 Å². The van der Waals surface area contributed by atoms with Crippen LogP contribution >= 0.6 is 0 Å². The van der Waals surface area contributed by atoms with Crippen molar-refractivity contribution in [2.24, 2.45) is 0 Å². The van der Waals surface area contributed by atoms with Gasteiger partial charge in [0.1, 0.15) is 5.82 Å². The molecule has 3 aliphatic heterocycles. The van der Waals surface area contributed by atoms with E-state index >= 15 is 0 Å². The van der Waals surface area contributed by atoms with E-state index in [4.69, 9.17) is 15.2 Å². The molecule has 1 aromatic heterocycles. The zero-order chi connectivity index (χ0) is 17.3. The first kappa shape index (κ1) is 17.0. The van der Waals surface area contributed by atoms with Crippen LogP contribution in [-0.2, 0) is 9.47 Å². The first-order valence-electron chi connectivity index (χ1n) is 9.45. The molecule has 3 saturated heterocycles. The third-order valence-corrected chi connectivity index (χ3v) is 5.88. The Morgan fingerprint density at radius 3 is 2.60 bits per heavy atom. The molecule has 4 heterocycles. The van der Waals surface area contributed by atoms with Gasteiger partial charge in [-0.1, -0.05) is 0 Å². The quantitative estimate of drug-likeness (QED) is 0.862. The molecule has 0 aliphatic carbocycles. The number of hydrogen-bond donors (Lipinski definition) is 1. The fourth-order valence-corrected chi connectivity index (χ4v) is 4.46. The third kappa shape index (κ3) is 3.73. The van der Waals surface area contributed by atoms with E-state index in [0.29, 0.717) is 12.0 Å². The van der Waals surface area contributed by atoms with Crippen LogP contribution < -0.4 is 10.6 Å². The normalized spacial score (nSPS) is 27.6. The minimum absolute atomic E-state index is 0.0660. The van der Waals surface area contributed by atoms with Gasteiger partial charge >= 0.3 is 0 Å². The van der Waals surface area contributed by atoms with Crippen molar-refractivity contribution in [3.05, 3.63) is 11.8 Å². The van der Waals surface area contributed by atoms with Gasteiger partial charge in [-0.15, -0.1) is 0 Å². The Kier molecular flexibility index (Phi) is 4.80. The van der Waals surface area contributed by atoms with Crippen LogP contribution in [0.3, 0.4) is 0 Å². The first-order chi connectivity index (χ1) is 12.1. The highest BCUT2D eigenvalue weighted by atomic mass is 16.5. The number of nitrogen functional groups attached to an aromatic ring is 1. The molecule has 0 radical (unpaired) electrons. The molecule has 1 spiro atoms. The molecule has 1 unspecified atom stereocenters. The number of anilines is 2. The van der Waals surface area contributed by atoms with Crippen LogP contribution in [0.2, 0.25) is 0 Å². The highest BCUT2D eigenvalue weighted by Crippen LogP contribution is 2.36. The van der Waals surface area contributed by atoms with E-state index in [0.717, 1.165) is 83.2 Å². The molecule has 1 atom stereocenters. The Bertz CT molecular complexity index is 571. The number of nitrogens with two attached hydrogens (primary N) is 1. The first-order valence-corrected chi connectivity index (χ1v) is 9.45. The summed E-state index contributed by atoms with van der Waals surface area (Å²) < 4.78 is 11.7. The van der Waals surface area contributed by atoms with Crippen LogP contribution in [0.1, 0.15) is 31.4 Å². The van der Waals surface area contributed by atoms with Crippen molar-refractivity contribution in [3.8, 4) is 0 Å². The van der Waals surface area contributed by atoms with Crippen LogP contribution in [-0.4, -0.2) is 72.5 Å². The largest absolute Gasteiger partial charge is 0.381 e. The van der Waals surface area contributed by atoms with Gasteiger partial charge in [-0.3, -0.25) is 4.90 Å². The van der Waals surface area contributed by atoms with Crippen molar-refractivity contribution >= 4 is 11.8 Å². The highest BCUT2D eigenvalue weighted by molar-refractivity contribution is 5.43. The maximum atomic E-state index is 6.20. The predicted molar refractivity (Wildman–Crippen MR) is 96.7 cm³/mol. The van der Waals surface area contributed by atoms with Gasteiger partial charge in [0.05, 0.1) is 5.60 Å². The van der Waals surface area contributed by atoms with Crippen molar-refractivity contribution in [2.75, 3.05) is 56.6 Å². The maximum Gasteiger partial charge on any atom is 0.222 e. The third-order valence-electron chi connectivity index (χ3n) is 5.88. The predicted octanol–water partition coefficient (Wildman–Crippen LogP) is 1.22. The average molecular weight is 347 g/mol. The van der Waals surface area contributed by atoms with E-state index in [9.17, 15) is 0 Å². The van der Waals surface area contributed by atoms with Crippen molar-refractivity contribution < 1.29 is 9.47 Å². The Morgan fingerprint density at radius 1 is 1.12 bits per heavy atom. The Hall–Kier alpha value is -1.44. The number of piperazine rings is 1. The molecule has 7 heteroatoms. The lowest BCUT2D eigenvalue weighted by molar-refractivity contribution is -0.151. The highest BCUT2D eigenvalue weighted by Gasteiger charge is 2.41. The number of nitrogens with zero attached hydrogens (tertiary/aromatic N) is 4. The van der Waals surface area contributed by atoms with Crippen molar-refractivity contribution in [3.63, 3.8) is 0 Å². The van der Waals surface area contributed by atoms with Gasteiger partial charge in [0.25, 0.3) is 0 Å². The molecule has 2 N–H and O–H groups in total. The van der Waals surface area contributed by atoms with E-state index < -0.39 is 0 Å². The summed E-state index contributed by atoms with van der Waals surface area (Å²) in [7, 11) is 0. The van der Waals surface area contributed by atoms with Gasteiger partial charge in [-0.25, -0.2) is 4.98 Å². The topological polar surface area (TPSA) is 76.7 Å². The number of ether oxygens (including phenoxy) is 2. The van der Waals surface area contributed by atoms with Gasteiger partial charge in [0.2, 0.25) is 5.95 Å². The Labute approximate surface area is 149 Å². The second kappa shape index (κ2) is 7.05. The summed E-state index contributed by atoms with van der Waals surface area (Å²) in [5.41, 5.74) is 6.80. The fourth-order valence-electron chi connectivity index (χ4n) is 4.46. The molecule has 1 aromatic rings. The molecule has 7 nitrogen and oxygen atoms in total. The van der Waals surface area contributed by atoms with E-state index in [1.165, 1.54) is 0 Å². The average Bonchev–Trinajstić information content (AvgIpc) is 2.62. The van der Waals surface area contributed by atoms with Crippen LogP contribution in [0.5, 0.6) is 0 Å². The summed E-state index contributed by atoms with van der Waals surface area (Å²) in [6.07, 6.45) is 4.38. The van der Waals surface area contributed by atoms with E-state index in [-0.39, 0.29) is 5.60 Å². The van der Waals surface area contributed by atoms with Crippen LogP contribution in [0, 0.1) is 6.92 Å². The van der Waals surface area contributed by atoms with Crippen molar-refractivity contribution in [2.45, 2.75) is 44.2 Å². The zero-order valence-electron chi connectivity index (χ0n) is 15.1. The van der Waals surface area contributed by atoms with Crippen LogP contribution in [0.15, 0.2) is 6.07 Å². The van der Waals surface area contributed by atoms with E-state index in [2.05, 4.69) is 19.8 Å². The Balaban J connectivity index is 1.36. The minimum atomic E-state index is 0.0660. The number of aromatic nitrogens is 2. The fraction of sp³-hybridized carbons (Fsp3) is 0.778. The van der Waals surface area contributed by atoms with Crippen LogP contribution in [0.25, 0.3) is 0 Å². The van der Waals surface area contributed by atoms with E-state index in [1.54, 1.807) is 0 Å². The van der Waals surface area contributed by atoms with Crippen LogP contribution in [0.4, 0.5) is 11.8 Å². The zero-order valence-corrected chi connectivity index (χ0v) is 15.1. The summed E-state index contributed by atoms with van der Waals surface area (Å²) in [5, 5.41) is 0. The SMILES string of the molecule is Cc1cc(N2CCN(C3CCOC4(CCOCC4)C3)CC2)nc(N)n1. The summed E-state index contributed by atoms with van der Waals surface area (Å²) in [5.74, 6) is 1.32. The molecular weight excluding hydrogens is 318 g/mol.